The molecule has 1 aliphatic rings. The maximum atomic E-state index is 6.26. The van der Waals surface area contributed by atoms with Crippen molar-refractivity contribution in [1.29, 1.82) is 0 Å². The van der Waals surface area contributed by atoms with Crippen LogP contribution < -0.4 is 5.73 Å². The van der Waals surface area contributed by atoms with Crippen molar-refractivity contribution in [2.24, 2.45) is 11.7 Å². The molecule has 0 saturated heterocycles. The molecule has 1 unspecified atom stereocenters. The van der Waals surface area contributed by atoms with E-state index in [0.29, 0.717) is 11.6 Å². The summed E-state index contributed by atoms with van der Waals surface area (Å²) in [6, 6.07) is 5.74. The van der Waals surface area contributed by atoms with Crippen molar-refractivity contribution >= 4 is 23.2 Å². The second-order valence-electron chi connectivity index (χ2n) is 5.15. The summed E-state index contributed by atoms with van der Waals surface area (Å²) in [4.78, 5) is 2.31. The summed E-state index contributed by atoms with van der Waals surface area (Å²) in [6.45, 7) is 1.65. The third-order valence-electron chi connectivity index (χ3n) is 3.84. The summed E-state index contributed by atoms with van der Waals surface area (Å²) in [5.41, 5.74) is 6.95. The highest BCUT2D eigenvalue weighted by molar-refractivity contribution is 6.33. The molecule has 0 aliphatic heterocycles. The fourth-order valence-electron chi connectivity index (χ4n) is 2.52. The first-order chi connectivity index (χ1) is 8.61. The van der Waals surface area contributed by atoms with Gasteiger partial charge in [-0.15, -0.1) is 0 Å². The molecule has 1 aromatic rings. The van der Waals surface area contributed by atoms with E-state index in [9.17, 15) is 0 Å². The summed E-state index contributed by atoms with van der Waals surface area (Å²) >= 11 is 12.3. The minimum atomic E-state index is 0.150. The molecule has 0 aromatic heterocycles. The smallest absolute Gasteiger partial charge is 0.0482 e. The molecule has 18 heavy (non-hydrogen) atoms. The van der Waals surface area contributed by atoms with Crippen molar-refractivity contribution < 1.29 is 0 Å². The van der Waals surface area contributed by atoms with Crippen LogP contribution in [0.2, 0.25) is 10.0 Å². The van der Waals surface area contributed by atoms with Gasteiger partial charge in [0.2, 0.25) is 0 Å². The number of rotatable bonds is 5. The molecule has 0 spiro atoms. The van der Waals surface area contributed by atoms with E-state index >= 15 is 0 Å². The van der Waals surface area contributed by atoms with Gasteiger partial charge in [0.05, 0.1) is 0 Å². The lowest BCUT2D eigenvalue weighted by Crippen LogP contribution is -2.36. The molecule has 100 valence electrons. The Balaban J connectivity index is 2.12. The molecule has 2 rings (SSSR count). The van der Waals surface area contributed by atoms with Gasteiger partial charge in [-0.05, 0) is 49.6 Å². The molecule has 1 fully saturated rings. The third-order valence-corrected chi connectivity index (χ3v) is 4.42. The van der Waals surface area contributed by atoms with Crippen molar-refractivity contribution in [3.8, 4) is 0 Å². The molecule has 0 radical (unpaired) electrons. The normalized spacial score (nSPS) is 17.8. The molecule has 0 amide bonds. The third kappa shape index (κ3) is 3.18. The first kappa shape index (κ1) is 14.1. The molecule has 1 aliphatic carbocycles. The van der Waals surface area contributed by atoms with E-state index in [1.807, 2.05) is 18.2 Å². The van der Waals surface area contributed by atoms with Crippen LogP contribution in [0, 0.1) is 5.92 Å². The minimum absolute atomic E-state index is 0.150. The topological polar surface area (TPSA) is 29.3 Å². The first-order valence-electron chi connectivity index (χ1n) is 6.47. The van der Waals surface area contributed by atoms with Crippen LogP contribution >= 0.6 is 23.2 Å². The number of likely N-dealkylation sites (N-methyl/N-ethyl adjacent to an activating group) is 1. The fraction of sp³-hybridized carbons (Fsp3) is 0.571. The van der Waals surface area contributed by atoms with E-state index in [1.54, 1.807) is 0 Å². The van der Waals surface area contributed by atoms with Crippen LogP contribution in [0.4, 0.5) is 0 Å². The lowest BCUT2D eigenvalue weighted by molar-refractivity contribution is 0.165. The number of hydrogen-bond donors (Lipinski definition) is 1. The van der Waals surface area contributed by atoms with Gasteiger partial charge in [-0.1, -0.05) is 29.6 Å². The van der Waals surface area contributed by atoms with Crippen LogP contribution in [-0.4, -0.2) is 25.0 Å². The lowest BCUT2D eigenvalue weighted by Gasteiger charge is -2.35. The van der Waals surface area contributed by atoms with Gasteiger partial charge in [-0.3, -0.25) is 4.90 Å². The Morgan fingerprint density at radius 2 is 2.11 bits per heavy atom. The van der Waals surface area contributed by atoms with Gasteiger partial charge in [-0.25, -0.2) is 0 Å². The molecule has 1 atom stereocenters. The number of hydrogen-bond acceptors (Lipinski definition) is 2. The SMILES string of the molecule is CN(CC1CCC1)C(CN)c1cc(Cl)ccc1Cl. The molecule has 4 heteroatoms. The largest absolute Gasteiger partial charge is 0.329 e. The molecule has 1 aromatic carbocycles. The maximum absolute atomic E-state index is 6.26. The Bertz CT molecular complexity index is 405. The van der Waals surface area contributed by atoms with Gasteiger partial charge in [0.15, 0.2) is 0 Å². The molecule has 2 N–H and O–H groups in total. The Morgan fingerprint density at radius 1 is 1.39 bits per heavy atom. The Hall–Kier alpha value is -0.280. The van der Waals surface area contributed by atoms with Gasteiger partial charge in [0, 0.05) is 29.2 Å². The van der Waals surface area contributed by atoms with Crippen LogP contribution in [0.3, 0.4) is 0 Å². The summed E-state index contributed by atoms with van der Waals surface area (Å²) in [5.74, 6) is 0.821. The van der Waals surface area contributed by atoms with Gasteiger partial charge >= 0.3 is 0 Å². The number of nitrogens with two attached hydrogens (primary N) is 1. The number of halogens is 2. The van der Waals surface area contributed by atoms with E-state index in [4.69, 9.17) is 28.9 Å². The van der Waals surface area contributed by atoms with Crippen LogP contribution in [0.25, 0.3) is 0 Å². The molecule has 2 nitrogen and oxygen atoms in total. The van der Waals surface area contributed by atoms with Crippen molar-refractivity contribution in [2.75, 3.05) is 20.1 Å². The van der Waals surface area contributed by atoms with E-state index in [1.165, 1.54) is 19.3 Å². The summed E-state index contributed by atoms with van der Waals surface area (Å²) in [5, 5.41) is 1.46. The van der Waals surface area contributed by atoms with E-state index < -0.39 is 0 Å². The quantitative estimate of drug-likeness (QED) is 0.894. The Morgan fingerprint density at radius 3 is 2.67 bits per heavy atom. The fourth-order valence-corrected chi connectivity index (χ4v) is 2.95. The second-order valence-corrected chi connectivity index (χ2v) is 6.00. The standard InChI is InChI=1S/C14H20Cl2N2/c1-18(9-10-3-2-4-10)14(8-17)12-7-11(15)5-6-13(12)16/h5-7,10,14H,2-4,8-9,17H2,1H3. The molecular formula is C14H20Cl2N2. The minimum Gasteiger partial charge on any atom is -0.329 e. The number of benzene rings is 1. The molecular weight excluding hydrogens is 267 g/mol. The maximum Gasteiger partial charge on any atom is 0.0482 e. The number of nitrogens with zero attached hydrogens (tertiary/aromatic N) is 1. The zero-order valence-electron chi connectivity index (χ0n) is 10.7. The molecule has 1 saturated carbocycles. The average molecular weight is 287 g/mol. The van der Waals surface area contributed by atoms with Gasteiger partial charge in [0.1, 0.15) is 0 Å². The zero-order chi connectivity index (χ0) is 13.1. The first-order valence-corrected chi connectivity index (χ1v) is 7.22. The predicted molar refractivity (Wildman–Crippen MR) is 78.2 cm³/mol. The summed E-state index contributed by atoms with van der Waals surface area (Å²) < 4.78 is 0. The van der Waals surface area contributed by atoms with Crippen molar-refractivity contribution in [1.82, 2.24) is 4.90 Å². The highest BCUT2D eigenvalue weighted by Gasteiger charge is 2.24. The molecule has 0 bridgehead atoms. The van der Waals surface area contributed by atoms with Crippen LogP contribution in [-0.2, 0) is 0 Å². The zero-order valence-corrected chi connectivity index (χ0v) is 12.2. The van der Waals surface area contributed by atoms with Crippen LogP contribution in [0.15, 0.2) is 18.2 Å². The molecule has 0 heterocycles. The van der Waals surface area contributed by atoms with Gasteiger partial charge in [0.25, 0.3) is 0 Å². The van der Waals surface area contributed by atoms with Crippen LogP contribution in [0.5, 0.6) is 0 Å². The van der Waals surface area contributed by atoms with Crippen LogP contribution in [0.1, 0.15) is 30.9 Å². The van der Waals surface area contributed by atoms with Gasteiger partial charge < -0.3 is 5.73 Å². The monoisotopic (exact) mass is 286 g/mol. The van der Waals surface area contributed by atoms with E-state index in [0.717, 1.165) is 23.0 Å². The average Bonchev–Trinajstić information content (AvgIpc) is 2.29. The van der Waals surface area contributed by atoms with E-state index in [2.05, 4.69) is 11.9 Å². The second kappa shape index (κ2) is 6.25. The van der Waals surface area contributed by atoms with Crippen molar-refractivity contribution in [3.63, 3.8) is 0 Å². The van der Waals surface area contributed by atoms with Crippen molar-refractivity contribution in [2.45, 2.75) is 25.3 Å². The van der Waals surface area contributed by atoms with Crippen molar-refractivity contribution in [3.05, 3.63) is 33.8 Å². The Labute approximate surface area is 119 Å². The highest BCUT2D eigenvalue weighted by Crippen LogP contribution is 2.32. The Kier molecular flexibility index (Phi) is 4.91. The highest BCUT2D eigenvalue weighted by atomic mass is 35.5. The lowest BCUT2D eigenvalue weighted by atomic mass is 9.85. The van der Waals surface area contributed by atoms with Gasteiger partial charge in [-0.2, -0.15) is 0 Å². The van der Waals surface area contributed by atoms with E-state index in [-0.39, 0.29) is 6.04 Å². The summed E-state index contributed by atoms with van der Waals surface area (Å²) in [6.07, 6.45) is 4.04. The predicted octanol–water partition coefficient (Wildman–Crippen LogP) is 3.73. The summed E-state index contributed by atoms with van der Waals surface area (Å²) in [7, 11) is 2.12.